The second-order valence-corrected chi connectivity index (χ2v) is 5.38. The topological polar surface area (TPSA) is 41.6 Å². The van der Waals surface area contributed by atoms with Crippen LogP contribution < -0.4 is 0 Å². The zero-order valence-electron chi connectivity index (χ0n) is 10.2. The zero-order valence-corrected chi connectivity index (χ0v) is 11.7. The van der Waals surface area contributed by atoms with Crippen LogP contribution in [0.2, 0.25) is 0 Å². The van der Waals surface area contributed by atoms with E-state index in [4.69, 9.17) is 5.26 Å². The molecule has 0 amide bonds. The molecule has 0 aliphatic carbocycles. The first-order valence-corrected chi connectivity index (χ1v) is 6.39. The summed E-state index contributed by atoms with van der Waals surface area (Å²) in [6.07, 6.45) is 0. The Balaban J connectivity index is 2.72. The molecule has 0 radical (unpaired) electrons. The molecule has 0 saturated heterocycles. The highest BCUT2D eigenvalue weighted by molar-refractivity contribution is 9.10. The van der Waals surface area contributed by atoms with E-state index in [9.17, 15) is 0 Å². The Kier molecular flexibility index (Phi) is 3.21. The van der Waals surface area contributed by atoms with Crippen LogP contribution in [0.3, 0.4) is 0 Å². The number of halogens is 1. The lowest BCUT2D eigenvalue weighted by Gasteiger charge is -2.10. The van der Waals surface area contributed by atoms with Crippen LogP contribution in [0, 0.1) is 24.2 Å². The maximum absolute atomic E-state index is 8.91. The third-order valence-corrected chi connectivity index (χ3v) is 3.75. The lowest BCUT2D eigenvalue weighted by molar-refractivity contribution is 0.525. The zero-order chi connectivity index (χ0) is 12.6. The second kappa shape index (κ2) is 4.50. The van der Waals surface area contributed by atoms with Gasteiger partial charge in [0, 0.05) is 22.1 Å². The number of hydrogen-bond acceptors (Lipinski definition) is 2. The summed E-state index contributed by atoms with van der Waals surface area (Å²) in [5.41, 5.74) is 2.52. The number of fused-ring (bicyclic) bond motifs is 1. The van der Waals surface area contributed by atoms with Crippen LogP contribution in [0.1, 0.15) is 25.2 Å². The summed E-state index contributed by atoms with van der Waals surface area (Å²) in [6.45, 7) is 7.33. The monoisotopic (exact) mass is 291 g/mol. The Hall–Kier alpha value is -1.34. The molecule has 0 aliphatic heterocycles. The van der Waals surface area contributed by atoms with E-state index in [0.29, 0.717) is 11.6 Å². The van der Waals surface area contributed by atoms with Crippen molar-refractivity contribution in [1.29, 1.82) is 5.26 Å². The van der Waals surface area contributed by atoms with Gasteiger partial charge in [-0.05, 0) is 40.9 Å². The van der Waals surface area contributed by atoms with E-state index in [2.05, 4.69) is 52.3 Å². The third-order valence-electron chi connectivity index (χ3n) is 2.75. The maximum Gasteiger partial charge on any atom is 0.142 e. The van der Waals surface area contributed by atoms with Crippen LogP contribution in [-0.4, -0.2) is 9.55 Å². The minimum atomic E-state index is 0.465. The van der Waals surface area contributed by atoms with Crippen molar-refractivity contribution >= 4 is 27.0 Å². The molecule has 0 unspecified atom stereocenters. The molecule has 17 heavy (non-hydrogen) atoms. The van der Waals surface area contributed by atoms with Gasteiger partial charge in [0.05, 0.1) is 0 Å². The van der Waals surface area contributed by atoms with Gasteiger partial charge in [0.25, 0.3) is 0 Å². The molecule has 2 heterocycles. The number of nitriles is 1. The van der Waals surface area contributed by atoms with E-state index in [1.54, 1.807) is 6.07 Å². The molecule has 0 N–H and O–H groups in total. The molecule has 0 fully saturated rings. The van der Waals surface area contributed by atoms with Crippen LogP contribution >= 0.6 is 15.9 Å². The SMILES string of the molecule is Cc1c(Br)c2ccc(C#N)nc2n1CC(C)C. The van der Waals surface area contributed by atoms with Gasteiger partial charge >= 0.3 is 0 Å². The highest BCUT2D eigenvalue weighted by Crippen LogP contribution is 2.30. The summed E-state index contributed by atoms with van der Waals surface area (Å²) in [6, 6.07) is 5.80. The molecule has 3 nitrogen and oxygen atoms in total. The summed E-state index contributed by atoms with van der Waals surface area (Å²) in [4.78, 5) is 4.40. The Morgan fingerprint density at radius 2 is 2.18 bits per heavy atom. The fourth-order valence-corrected chi connectivity index (χ4v) is 2.47. The fourth-order valence-electron chi connectivity index (χ4n) is 1.95. The van der Waals surface area contributed by atoms with Crippen molar-refractivity contribution in [3.63, 3.8) is 0 Å². The summed E-state index contributed by atoms with van der Waals surface area (Å²) < 4.78 is 3.25. The molecular formula is C13H14BrN3. The van der Waals surface area contributed by atoms with Crippen molar-refractivity contribution in [2.45, 2.75) is 27.3 Å². The fraction of sp³-hybridized carbons (Fsp3) is 0.385. The van der Waals surface area contributed by atoms with E-state index in [1.165, 1.54) is 0 Å². The minimum absolute atomic E-state index is 0.465. The largest absolute Gasteiger partial charge is 0.328 e. The van der Waals surface area contributed by atoms with Crippen molar-refractivity contribution in [3.8, 4) is 6.07 Å². The third kappa shape index (κ3) is 2.07. The number of aromatic nitrogens is 2. The van der Waals surface area contributed by atoms with Crippen LogP contribution in [0.15, 0.2) is 16.6 Å². The number of rotatable bonds is 2. The average Bonchev–Trinajstić information content (AvgIpc) is 2.53. The van der Waals surface area contributed by atoms with Gasteiger partial charge in [-0.15, -0.1) is 0 Å². The molecule has 0 bridgehead atoms. The summed E-state index contributed by atoms with van der Waals surface area (Å²) in [7, 11) is 0. The van der Waals surface area contributed by atoms with E-state index < -0.39 is 0 Å². The van der Waals surface area contributed by atoms with Crippen molar-refractivity contribution in [3.05, 3.63) is 28.0 Å². The molecule has 2 aromatic rings. The Morgan fingerprint density at radius 1 is 1.47 bits per heavy atom. The smallest absolute Gasteiger partial charge is 0.142 e. The maximum atomic E-state index is 8.91. The molecule has 0 saturated carbocycles. The van der Waals surface area contributed by atoms with Gasteiger partial charge in [-0.2, -0.15) is 5.26 Å². The molecule has 2 aromatic heterocycles. The predicted molar refractivity (Wildman–Crippen MR) is 71.7 cm³/mol. The first-order valence-electron chi connectivity index (χ1n) is 5.60. The summed E-state index contributed by atoms with van der Waals surface area (Å²) in [5, 5.41) is 9.98. The van der Waals surface area contributed by atoms with Gasteiger partial charge in [0.15, 0.2) is 0 Å². The van der Waals surface area contributed by atoms with E-state index in [1.807, 2.05) is 6.07 Å². The minimum Gasteiger partial charge on any atom is -0.328 e. The van der Waals surface area contributed by atoms with Crippen molar-refractivity contribution in [2.24, 2.45) is 5.92 Å². The average molecular weight is 292 g/mol. The number of hydrogen-bond donors (Lipinski definition) is 0. The number of nitrogens with zero attached hydrogens (tertiary/aromatic N) is 3. The molecule has 88 valence electrons. The van der Waals surface area contributed by atoms with Gasteiger partial charge in [-0.3, -0.25) is 0 Å². The molecule has 4 heteroatoms. The van der Waals surface area contributed by atoms with Crippen LogP contribution in [-0.2, 0) is 6.54 Å². The first kappa shape index (κ1) is 12.1. The van der Waals surface area contributed by atoms with Gasteiger partial charge in [0.1, 0.15) is 17.4 Å². The molecular weight excluding hydrogens is 278 g/mol. The predicted octanol–water partition coefficient (Wildman–Crippen LogP) is 3.63. The Bertz CT molecular complexity index is 605. The number of pyridine rings is 1. The van der Waals surface area contributed by atoms with E-state index >= 15 is 0 Å². The highest BCUT2D eigenvalue weighted by atomic mass is 79.9. The normalized spacial score (nSPS) is 11.1. The highest BCUT2D eigenvalue weighted by Gasteiger charge is 2.14. The van der Waals surface area contributed by atoms with Gasteiger partial charge in [-0.1, -0.05) is 13.8 Å². The second-order valence-electron chi connectivity index (χ2n) is 4.58. The lowest BCUT2D eigenvalue weighted by Crippen LogP contribution is -2.06. The standard InChI is InChI=1S/C13H14BrN3/c1-8(2)7-17-9(3)12(14)11-5-4-10(6-15)16-13(11)17/h4-5,8H,7H2,1-3H3. The van der Waals surface area contributed by atoms with Crippen molar-refractivity contribution < 1.29 is 0 Å². The molecule has 0 atom stereocenters. The molecule has 2 rings (SSSR count). The Labute approximate surface area is 109 Å². The van der Waals surface area contributed by atoms with Crippen molar-refractivity contribution in [2.75, 3.05) is 0 Å². The quantitative estimate of drug-likeness (QED) is 0.848. The molecule has 0 aromatic carbocycles. The summed E-state index contributed by atoms with van der Waals surface area (Å²) >= 11 is 3.59. The van der Waals surface area contributed by atoms with Crippen LogP contribution in [0.25, 0.3) is 11.0 Å². The summed E-state index contributed by atoms with van der Waals surface area (Å²) in [5.74, 6) is 0.545. The lowest BCUT2D eigenvalue weighted by atomic mass is 10.2. The van der Waals surface area contributed by atoms with Crippen molar-refractivity contribution in [1.82, 2.24) is 9.55 Å². The molecule has 0 spiro atoms. The van der Waals surface area contributed by atoms with Gasteiger partial charge < -0.3 is 4.57 Å². The van der Waals surface area contributed by atoms with E-state index in [0.717, 1.165) is 27.7 Å². The van der Waals surface area contributed by atoms with Gasteiger partial charge in [0.2, 0.25) is 0 Å². The Morgan fingerprint density at radius 3 is 2.76 bits per heavy atom. The first-order chi connectivity index (χ1) is 8.04. The van der Waals surface area contributed by atoms with Gasteiger partial charge in [-0.25, -0.2) is 4.98 Å². The molecule has 0 aliphatic rings. The van der Waals surface area contributed by atoms with Crippen LogP contribution in [0.5, 0.6) is 0 Å². The van der Waals surface area contributed by atoms with Crippen LogP contribution in [0.4, 0.5) is 0 Å². The van der Waals surface area contributed by atoms with E-state index in [-0.39, 0.29) is 0 Å².